The highest BCUT2D eigenvalue weighted by Crippen LogP contribution is 2.25. The Morgan fingerprint density at radius 1 is 1.25 bits per heavy atom. The first kappa shape index (κ1) is 16.1. The summed E-state index contributed by atoms with van der Waals surface area (Å²) in [5.41, 5.74) is 6.99. The summed E-state index contributed by atoms with van der Waals surface area (Å²) in [4.78, 5) is 7.82. The molecular weight excluding hydrogens is 296 g/mol. The number of rotatable bonds is 3. The number of H-pyrrole nitrogens is 1. The van der Waals surface area contributed by atoms with Gasteiger partial charge in [0.1, 0.15) is 11.9 Å². The SMILES string of the molecule is Cc1ccc2nc(C(C#N)=Cc3cc(C)n(C(C)C)c3C)[nH]c2c1. The van der Waals surface area contributed by atoms with Gasteiger partial charge in [-0.1, -0.05) is 6.07 Å². The monoisotopic (exact) mass is 318 g/mol. The summed E-state index contributed by atoms with van der Waals surface area (Å²) in [5.74, 6) is 0.618. The topological polar surface area (TPSA) is 57.4 Å². The van der Waals surface area contributed by atoms with Gasteiger partial charge >= 0.3 is 0 Å². The molecule has 0 unspecified atom stereocenters. The van der Waals surface area contributed by atoms with E-state index in [1.807, 2.05) is 31.2 Å². The average Bonchev–Trinajstić information content (AvgIpc) is 3.05. The predicted octanol–water partition coefficient (Wildman–Crippen LogP) is 4.93. The van der Waals surface area contributed by atoms with Gasteiger partial charge in [0, 0.05) is 17.4 Å². The molecule has 1 N–H and O–H groups in total. The Balaban J connectivity index is 2.09. The molecule has 3 rings (SSSR count). The average molecular weight is 318 g/mol. The molecular formula is C20H22N4. The first-order valence-corrected chi connectivity index (χ1v) is 8.17. The van der Waals surface area contributed by atoms with E-state index in [2.05, 4.69) is 54.4 Å². The summed E-state index contributed by atoms with van der Waals surface area (Å²) in [6.45, 7) is 10.6. The Kier molecular flexibility index (Phi) is 4.02. The van der Waals surface area contributed by atoms with Crippen molar-refractivity contribution in [2.45, 2.75) is 40.7 Å². The van der Waals surface area contributed by atoms with E-state index < -0.39 is 0 Å². The highest BCUT2D eigenvalue weighted by atomic mass is 15.0. The van der Waals surface area contributed by atoms with Gasteiger partial charge in [-0.15, -0.1) is 0 Å². The van der Waals surface area contributed by atoms with Crippen LogP contribution in [0.2, 0.25) is 0 Å². The molecule has 0 amide bonds. The molecule has 122 valence electrons. The van der Waals surface area contributed by atoms with Crippen molar-refractivity contribution in [3.8, 4) is 6.07 Å². The lowest BCUT2D eigenvalue weighted by atomic mass is 10.1. The van der Waals surface area contributed by atoms with Crippen LogP contribution in [0.25, 0.3) is 22.7 Å². The summed E-state index contributed by atoms with van der Waals surface area (Å²) >= 11 is 0. The van der Waals surface area contributed by atoms with Crippen LogP contribution in [0.15, 0.2) is 24.3 Å². The zero-order valence-corrected chi connectivity index (χ0v) is 14.8. The largest absolute Gasteiger partial charge is 0.346 e. The number of fused-ring (bicyclic) bond motifs is 1. The lowest BCUT2D eigenvalue weighted by Gasteiger charge is -2.13. The molecule has 0 saturated heterocycles. The molecule has 0 aliphatic carbocycles. The van der Waals surface area contributed by atoms with Gasteiger partial charge in [0.2, 0.25) is 0 Å². The lowest BCUT2D eigenvalue weighted by molar-refractivity contribution is 0.574. The van der Waals surface area contributed by atoms with Gasteiger partial charge in [-0.25, -0.2) is 4.98 Å². The molecule has 2 aromatic heterocycles. The normalized spacial score (nSPS) is 12.1. The second-order valence-corrected chi connectivity index (χ2v) is 6.57. The summed E-state index contributed by atoms with van der Waals surface area (Å²) in [6.07, 6.45) is 1.92. The highest BCUT2D eigenvalue weighted by molar-refractivity contribution is 5.90. The fraction of sp³-hybridized carbons (Fsp3) is 0.300. The van der Waals surface area contributed by atoms with E-state index in [0.29, 0.717) is 17.4 Å². The van der Waals surface area contributed by atoms with Crippen LogP contribution >= 0.6 is 0 Å². The Hall–Kier alpha value is -2.80. The van der Waals surface area contributed by atoms with Gasteiger partial charge in [-0.3, -0.25) is 0 Å². The molecule has 4 nitrogen and oxygen atoms in total. The van der Waals surface area contributed by atoms with Gasteiger partial charge in [0.25, 0.3) is 0 Å². The van der Waals surface area contributed by atoms with E-state index >= 15 is 0 Å². The summed E-state index contributed by atoms with van der Waals surface area (Å²) in [6, 6.07) is 10.9. The van der Waals surface area contributed by atoms with Crippen LogP contribution in [0, 0.1) is 32.1 Å². The number of hydrogen-bond donors (Lipinski definition) is 1. The van der Waals surface area contributed by atoms with Crippen LogP contribution in [0.1, 0.15) is 48.2 Å². The molecule has 0 atom stereocenters. The molecule has 3 aromatic rings. The first-order chi connectivity index (χ1) is 11.4. The quantitative estimate of drug-likeness (QED) is 0.696. The smallest absolute Gasteiger partial charge is 0.149 e. The van der Waals surface area contributed by atoms with Crippen LogP contribution in [0.3, 0.4) is 0 Å². The molecule has 0 aliphatic rings. The Bertz CT molecular complexity index is 977. The van der Waals surface area contributed by atoms with Crippen molar-refractivity contribution >= 4 is 22.7 Å². The first-order valence-electron chi connectivity index (χ1n) is 8.17. The Morgan fingerprint density at radius 3 is 2.62 bits per heavy atom. The van der Waals surface area contributed by atoms with E-state index in [4.69, 9.17) is 0 Å². The number of aromatic nitrogens is 3. The van der Waals surface area contributed by atoms with E-state index in [1.54, 1.807) is 0 Å². The van der Waals surface area contributed by atoms with Gasteiger partial charge in [-0.2, -0.15) is 5.26 Å². The molecule has 1 aromatic carbocycles. The summed E-state index contributed by atoms with van der Waals surface area (Å²) in [7, 11) is 0. The molecule has 0 radical (unpaired) electrons. The summed E-state index contributed by atoms with van der Waals surface area (Å²) in [5, 5.41) is 9.61. The second kappa shape index (κ2) is 6.01. The lowest BCUT2D eigenvalue weighted by Crippen LogP contribution is -2.04. The molecule has 4 heteroatoms. The minimum atomic E-state index is 0.395. The van der Waals surface area contributed by atoms with Crippen molar-refractivity contribution in [3.05, 3.63) is 52.6 Å². The van der Waals surface area contributed by atoms with Crippen LogP contribution in [0.5, 0.6) is 0 Å². The Labute approximate surface area is 142 Å². The number of nitrogens with one attached hydrogen (secondary N) is 1. The van der Waals surface area contributed by atoms with Crippen LogP contribution in [0.4, 0.5) is 0 Å². The van der Waals surface area contributed by atoms with Crippen molar-refractivity contribution in [2.75, 3.05) is 0 Å². The number of nitriles is 1. The third-order valence-electron chi connectivity index (χ3n) is 4.35. The third kappa shape index (κ3) is 2.74. The standard InChI is InChI=1S/C20H22N4/c1-12(2)24-14(4)9-16(15(24)5)10-17(11-21)20-22-18-7-6-13(3)8-19(18)23-20/h6-10,12H,1-5H3,(H,22,23). The van der Waals surface area contributed by atoms with E-state index in [0.717, 1.165) is 16.6 Å². The number of benzene rings is 1. The molecule has 0 bridgehead atoms. The van der Waals surface area contributed by atoms with Gasteiger partial charge in [0.05, 0.1) is 16.6 Å². The van der Waals surface area contributed by atoms with Crippen molar-refractivity contribution in [2.24, 2.45) is 0 Å². The number of hydrogen-bond acceptors (Lipinski definition) is 2. The second-order valence-electron chi connectivity index (χ2n) is 6.57. The molecule has 0 saturated carbocycles. The third-order valence-corrected chi connectivity index (χ3v) is 4.35. The molecule has 0 spiro atoms. The predicted molar refractivity (Wildman–Crippen MR) is 98.6 cm³/mol. The zero-order chi connectivity index (χ0) is 17.4. The van der Waals surface area contributed by atoms with Crippen LogP contribution in [-0.2, 0) is 0 Å². The van der Waals surface area contributed by atoms with E-state index in [1.165, 1.54) is 17.0 Å². The van der Waals surface area contributed by atoms with Gasteiger partial charge in [-0.05, 0) is 70.0 Å². The van der Waals surface area contributed by atoms with E-state index in [9.17, 15) is 5.26 Å². The summed E-state index contributed by atoms with van der Waals surface area (Å²) < 4.78 is 2.28. The maximum atomic E-state index is 9.61. The molecule has 24 heavy (non-hydrogen) atoms. The van der Waals surface area contributed by atoms with Crippen molar-refractivity contribution in [1.82, 2.24) is 14.5 Å². The fourth-order valence-corrected chi connectivity index (χ4v) is 3.30. The zero-order valence-electron chi connectivity index (χ0n) is 14.8. The van der Waals surface area contributed by atoms with Gasteiger partial charge < -0.3 is 9.55 Å². The number of aryl methyl sites for hydroxylation is 2. The molecule has 0 aliphatic heterocycles. The number of imidazole rings is 1. The fourth-order valence-electron chi connectivity index (χ4n) is 3.30. The number of nitrogens with zero attached hydrogens (tertiary/aromatic N) is 3. The molecule has 0 fully saturated rings. The maximum absolute atomic E-state index is 9.61. The van der Waals surface area contributed by atoms with Gasteiger partial charge in [0.15, 0.2) is 0 Å². The number of allylic oxidation sites excluding steroid dienone is 1. The minimum absolute atomic E-state index is 0.395. The minimum Gasteiger partial charge on any atom is -0.346 e. The highest BCUT2D eigenvalue weighted by Gasteiger charge is 2.13. The van der Waals surface area contributed by atoms with Crippen LogP contribution < -0.4 is 0 Å². The van der Waals surface area contributed by atoms with E-state index in [-0.39, 0.29) is 0 Å². The van der Waals surface area contributed by atoms with Crippen molar-refractivity contribution in [1.29, 1.82) is 5.26 Å². The van der Waals surface area contributed by atoms with Crippen molar-refractivity contribution < 1.29 is 0 Å². The van der Waals surface area contributed by atoms with Crippen LogP contribution in [-0.4, -0.2) is 14.5 Å². The number of aromatic amines is 1. The Morgan fingerprint density at radius 2 is 2.00 bits per heavy atom. The van der Waals surface area contributed by atoms with Crippen molar-refractivity contribution in [3.63, 3.8) is 0 Å². The maximum Gasteiger partial charge on any atom is 0.149 e. The molecule has 2 heterocycles.